The highest BCUT2D eigenvalue weighted by Crippen LogP contribution is 2.36. The molecule has 1 fully saturated rings. The van der Waals surface area contributed by atoms with Crippen LogP contribution in [0.5, 0.6) is 0 Å². The second kappa shape index (κ2) is 6.06. The Kier molecular flexibility index (Phi) is 4.43. The van der Waals surface area contributed by atoms with Gasteiger partial charge < -0.3 is 15.2 Å². The van der Waals surface area contributed by atoms with Crippen LogP contribution in [0, 0.1) is 5.92 Å². The molecule has 0 spiro atoms. The van der Waals surface area contributed by atoms with Crippen molar-refractivity contribution < 1.29 is 14.6 Å². The average Bonchev–Trinajstić information content (AvgIpc) is 3.21. The van der Waals surface area contributed by atoms with Gasteiger partial charge >= 0.3 is 6.09 Å². The van der Waals surface area contributed by atoms with Crippen LogP contribution in [0.15, 0.2) is 30.3 Å². The summed E-state index contributed by atoms with van der Waals surface area (Å²) in [5.74, 6) is 0.631. The zero-order chi connectivity index (χ0) is 13.7. The molecule has 1 aliphatic carbocycles. The van der Waals surface area contributed by atoms with Gasteiger partial charge in [0.2, 0.25) is 0 Å². The summed E-state index contributed by atoms with van der Waals surface area (Å²) in [4.78, 5) is 11.7. The number of rotatable bonds is 6. The van der Waals surface area contributed by atoms with E-state index in [9.17, 15) is 9.90 Å². The molecule has 4 heteroatoms. The molecule has 0 bridgehead atoms. The van der Waals surface area contributed by atoms with Crippen LogP contribution in [0.25, 0.3) is 0 Å². The van der Waals surface area contributed by atoms with Crippen LogP contribution in [-0.2, 0) is 11.3 Å². The van der Waals surface area contributed by atoms with Crippen LogP contribution in [0.1, 0.15) is 31.7 Å². The number of carbonyl (C=O) groups is 1. The van der Waals surface area contributed by atoms with Gasteiger partial charge in [-0.3, -0.25) is 0 Å². The Morgan fingerprint density at radius 2 is 2.11 bits per heavy atom. The lowest BCUT2D eigenvalue weighted by Gasteiger charge is -2.28. The topological polar surface area (TPSA) is 58.6 Å². The zero-order valence-electron chi connectivity index (χ0n) is 11.3. The highest BCUT2D eigenvalue weighted by atomic mass is 16.5. The van der Waals surface area contributed by atoms with Gasteiger partial charge in [0.1, 0.15) is 6.61 Å². The van der Waals surface area contributed by atoms with Crippen LogP contribution in [-0.4, -0.2) is 23.3 Å². The van der Waals surface area contributed by atoms with Gasteiger partial charge in [-0.1, -0.05) is 43.2 Å². The average molecular weight is 263 g/mol. The Balaban J connectivity index is 1.79. The number of alkyl carbamates (subject to hydrolysis) is 1. The maximum atomic E-state index is 11.7. The van der Waals surface area contributed by atoms with Gasteiger partial charge in [-0.25, -0.2) is 4.79 Å². The maximum Gasteiger partial charge on any atom is 0.407 e. The standard InChI is InChI=1S/C15H21NO3/c1-15(11-17,9-12-7-8-12)16-14(18)19-10-13-5-3-2-4-6-13/h2-6,12,17H,7-11H2,1H3,(H,16,18)/t15-/m0/s1. The minimum Gasteiger partial charge on any atom is -0.445 e. The fraction of sp³-hybridized carbons (Fsp3) is 0.533. The number of carbonyl (C=O) groups excluding carboxylic acids is 1. The quantitative estimate of drug-likeness (QED) is 0.829. The molecule has 4 nitrogen and oxygen atoms in total. The van der Waals surface area contributed by atoms with Crippen molar-refractivity contribution >= 4 is 6.09 Å². The van der Waals surface area contributed by atoms with Crippen LogP contribution < -0.4 is 5.32 Å². The summed E-state index contributed by atoms with van der Waals surface area (Å²) in [6, 6.07) is 9.54. The van der Waals surface area contributed by atoms with Crippen molar-refractivity contribution in [2.24, 2.45) is 5.92 Å². The third kappa shape index (κ3) is 4.56. The van der Waals surface area contributed by atoms with Gasteiger partial charge in [-0.2, -0.15) is 0 Å². The summed E-state index contributed by atoms with van der Waals surface area (Å²) in [6.45, 7) is 2.04. The van der Waals surface area contributed by atoms with Crippen molar-refractivity contribution in [2.75, 3.05) is 6.61 Å². The molecule has 1 aromatic carbocycles. The van der Waals surface area contributed by atoms with Gasteiger partial charge in [0.05, 0.1) is 12.1 Å². The van der Waals surface area contributed by atoms with Gasteiger partial charge in [0.25, 0.3) is 0 Å². The number of benzene rings is 1. The molecule has 1 saturated carbocycles. The zero-order valence-corrected chi connectivity index (χ0v) is 11.3. The number of aliphatic hydroxyl groups excluding tert-OH is 1. The molecule has 104 valence electrons. The Bertz CT molecular complexity index is 417. The molecule has 0 aromatic heterocycles. The second-order valence-electron chi connectivity index (χ2n) is 5.55. The SMILES string of the molecule is C[C@@](CO)(CC1CC1)NC(=O)OCc1ccccc1. The minimum absolute atomic E-state index is 0.0655. The number of amides is 1. The van der Waals surface area contributed by atoms with E-state index in [4.69, 9.17) is 4.74 Å². The van der Waals surface area contributed by atoms with E-state index in [1.165, 1.54) is 12.8 Å². The third-order valence-corrected chi connectivity index (χ3v) is 3.40. The summed E-state index contributed by atoms with van der Waals surface area (Å²) in [7, 11) is 0. The fourth-order valence-corrected chi connectivity index (χ4v) is 2.12. The van der Waals surface area contributed by atoms with E-state index in [1.54, 1.807) is 0 Å². The van der Waals surface area contributed by atoms with Gasteiger partial charge in [0.15, 0.2) is 0 Å². The van der Waals surface area contributed by atoms with E-state index >= 15 is 0 Å². The molecule has 0 heterocycles. The number of nitrogens with one attached hydrogen (secondary N) is 1. The molecule has 2 N–H and O–H groups in total. The van der Waals surface area contributed by atoms with E-state index < -0.39 is 11.6 Å². The van der Waals surface area contributed by atoms with E-state index in [1.807, 2.05) is 37.3 Å². The van der Waals surface area contributed by atoms with E-state index in [0.717, 1.165) is 12.0 Å². The predicted molar refractivity (Wildman–Crippen MR) is 72.6 cm³/mol. The molecule has 2 rings (SSSR count). The highest BCUT2D eigenvalue weighted by Gasteiger charge is 2.34. The van der Waals surface area contributed by atoms with Gasteiger partial charge in [-0.05, 0) is 24.8 Å². The smallest absolute Gasteiger partial charge is 0.407 e. The lowest BCUT2D eigenvalue weighted by molar-refractivity contribution is 0.106. The molecular formula is C15H21NO3. The second-order valence-corrected chi connectivity index (χ2v) is 5.55. The summed E-state index contributed by atoms with van der Waals surface area (Å²) >= 11 is 0. The lowest BCUT2D eigenvalue weighted by Crippen LogP contribution is -2.49. The molecule has 1 aromatic rings. The van der Waals surface area contributed by atoms with Crippen molar-refractivity contribution in [3.05, 3.63) is 35.9 Å². The molecule has 1 aliphatic rings. The summed E-state index contributed by atoms with van der Waals surface area (Å²) in [5, 5.41) is 12.2. The van der Waals surface area contributed by atoms with Crippen LogP contribution in [0.4, 0.5) is 4.79 Å². The monoisotopic (exact) mass is 263 g/mol. The summed E-state index contributed by atoms with van der Waals surface area (Å²) in [5.41, 5.74) is 0.375. The molecular weight excluding hydrogens is 242 g/mol. The Morgan fingerprint density at radius 1 is 1.42 bits per heavy atom. The number of aliphatic hydroxyl groups is 1. The highest BCUT2D eigenvalue weighted by molar-refractivity contribution is 5.68. The number of ether oxygens (including phenoxy) is 1. The molecule has 1 atom stereocenters. The first-order valence-corrected chi connectivity index (χ1v) is 6.71. The summed E-state index contributed by atoms with van der Waals surface area (Å²) in [6.07, 6.45) is 2.72. The Labute approximate surface area is 113 Å². The van der Waals surface area contributed by atoms with Crippen LogP contribution in [0.3, 0.4) is 0 Å². The van der Waals surface area contributed by atoms with Crippen LogP contribution >= 0.6 is 0 Å². The van der Waals surface area contributed by atoms with E-state index in [-0.39, 0.29) is 13.2 Å². The van der Waals surface area contributed by atoms with Crippen molar-refractivity contribution in [3.63, 3.8) is 0 Å². The fourth-order valence-electron chi connectivity index (χ4n) is 2.12. The predicted octanol–water partition coefficient (Wildman–Crippen LogP) is 2.46. The molecule has 19 heavy (non-hydrogen) atoms. The molecule has 0 unspecified atom stereocenters. The molecule has 0 saturated heterocycles. The van der Waals surface area contributed by atoms with Crippen molar-refractivity contribution in [1.82, 2.24) is 5.32 Å². The van der Waals surface area contributed by atoms with Gasteiger partial charge in [-0.15, -0.1) is 0 Å². The van der Waals surface area contributed by atoms with Crippen molar-refractivity contribution in [2.45, 2.75) is 38.3 Å². The maximum absolute atomic E-state index is 11.7. The lowest BCUT2D eigenvalue weighted by atomic mass is 9.96. The van der Waals surface area contributed by atoms with E-state index in [0.29, 0.717) is 5.92 Å². The number of hydrogen-bond acceptors (Lipinski definition) is 3. The first-order chi connectivity index (χ1) is 9.11. The Morgan fingerprint density at radius 3 is 2.68 bits per heavy atom. The Hall–Kier alpha value is -1.55. The van der Waals surface area contributed by atoms with Crippen molar-refractivity contribution in [3.8, 4) is 0 Å². The first-order valence-electron chi connectivity index (χ1n) is 6.71. The van der Waals surface area contributed by atoms with Crippen LogP contribution in [0.2, 0.25) is 0 Å². The number of hydrogen-bond donors (Lipinski definition) is 2. The molecule has 0 radical (unpaired) electrons. The molecule has 0 aliphatic heterocycles. The minimum atomic E-state index is -0.574. The largest absolute Gasteiger partial charge is 0.445 e. The van der Waals surface area contributed by atoms with Crippen molar-refractivity contribution in [1.29, 1.82) is 0 Å². The molecule has 1 amide bonds. The third-order valence-electron chi connectivity index (χ3n) is 3.40. The first kappa shape index (κ1) is 13.9. The normalized spacial score (nSPS) is 17.6. The van der Waals surface area contributed by atoms with E-state index in [2.05, 4.69) is 5.32 Å². The summed E-state index contributed by atoms with van der Waals surface area (Å²) < 4.78 is 5.17. The van der Waals surface area contributed by atoms with Gasteiger partial charge in [0, 0.05) is 0 Å².